The summed E-state index contributed by atoms with van der Waals surface area (Å²) in [6, 6.07) is 15.3. The quantitative estimate of drug-likeness (QED) is 0.732. The number of pyridine rings is 1. The Morgan fingerprint density at radius 3 is 2.71 bits per heavy atom. The third kappa shape index (κ3) is 3.91. The number of nitrogens with zero attached hydrogens (tertiary/aromatic N) is 2. The minimum Gasteiger partial charge on any atom is -0.375 e. The minimum atomic E-state index is -0.245. The normalized spacial score (nSPS) is 12.0. The highest BCUT2D eigenvalue weighted by atomic mass is 16.5. The summed E-state index contributed by atoms with van der Waals surface area (Å²) in [5.41, 5.74) is 2.70. The third-order valence-corrected chi connectivity index (χ3v) is 3.75. The van der Waals surface area contributed by atoms with E-state index in [1.807, 2.05) is 65.3 Å². The fourth-order valence-corrected chi connectivity index (χ4v) is 2.50. The van der Waals surface area contributed by atoms with Crippen molar-refractivity contribution in [2.75, 3.05) is 13.7 Å². The maximum atomic E-state index is 12.0. The molecular formula is C18H20N4O2. The number of urea groups is 1. The number of aromatic nitrogens is 2. The summed E-state index contributed by atoms with van der Waals surface area (Å²) in [6.07, 6.45) is 3.65. The first kappa shape index (κ1) is 16.0. The van der Waals surface area contributed by atoms with Crippen LogP contribution in [-0.4, -0.2) is 29.1 Å². The summed E-state index contributed by atoms with van der Waals surface area (Å²) in [7, 11) is 1.63. The van der Waals surface area contributed by atoms with Gasteiger partial charge in [-0.1, -0.05) is 36.4 Å². The largest absolute Gasteiger partial charge is 0.375 e. The van der Waals surface area contributed by atoms with Gasteiger partial charge in [0.05, 0.1) is 18.3 Å². The predicted octanol–water partition coefficient (Wildman–Crippen LogP) is 2.52. The van der Waals surface area contributed by atoms with Gasteiger partial charge in [0.15, 0.2) is 0 Å². The Bertz CT molecular complexity index is 768. The fourth-order valence-electron chi connectivity index (χ4n) is 2.50. The summed E-state index contributed by atoms with van der Waals surface area (Å²) in [5, 5.41) is 5.64. The van der Waals surface area contributed by atoms with E-state index in [2.05, 4.69) is 15.6 Å². The van der Waals surface area contributed by atoms with Crippen LogP contribution in [0.25, 0.3) is 5.65 Å². The Morgan fingerprint density at radius 1 is 1.17 bits per heavy atom. The SMILES string of the molecule is CO[C@@H](CNC(=O)NCc1cn2ccccc2n1)c1ccccc1. The standard InChI is InChI=1S/C18H20N4O2/c1-24-16(14-7-3-2-4-8-14)12-20-18(23)19-11-15-13-22-10-6-5-9-17(22)21-15/h2-10,13,16H,11-12H2,1H3,(H2,19,20,23)/t16-/m0/s1. The van der Waals surface area contributed by atoms with E-state index in [1.165, 1.54) is 0 Å². The molecule has 2 amide bonds. The lowest BCUT2D eigenvalue weighted by Crippen LogP contribution is -2.37. The van der Waals surface area contributed by atoms with Gasteiger partial charge in [-0.25, -0.2) is 9.78 Å². The number of methoxy groups -OCH3 is 1. The molecule has 0 fully saturated rings. The highest BCUT2D eigenvalue weighted by Crippen LogP contribution is 2.14. The molecule has 2 aromatic heterocycles. The first-order chi connectivity index (χ1) is 11.8. The number of imidazole rings is 1. The molecule has 0 saturated heterocycles. The number of carbonyl (C=O) groups excluding carboxylic acids is 1. The van der Waals surface area contributed by atoms with Gasteiger partial charge in [0.1, 0.15) is 5.65 Å². The summed E-state index contributed by atoms with van der Waals surface area (Å²) >= 11 is 0. The number of amides is 2. The van der Waals surface area contributed by atoms with Crippen molar-refractivity contribution < 1.29 is 9.53 Å². The summed E-state index contributed by atoms with van der Waals surface area (Å²) < 4.78 is 7.35. The topological polar surface area (TPSA) is 67.7 Å². The average Bonchev–Trinajstić information content (AvgIpc) is 3.04. The van der Waals surface area contributed by atoms with Gasteiger partial charge in [-0.2, -0.15) is 0 Å². The van der Waals surface area contributed by atoms with Gasteiger partial charge in [0.2, 0.25) is 0 Å². The van der Waals surface area contributed by atoms with Crippen molar-refractivity contribution >= 4 is 11.7 Å². The van der Waals surface area contributed by atoms with Gasteiger partial charge < -0.3 is 19.8 Å². The maximum absolute atomic E-state index is 12.0. The zero-order valence-corrected chi connectivity index (χ0v) is 13.5. The summed E-state index contributed by atoms with van der Waals surface area (Å²) in [5.74, 6) is 0. The van der Waals surface area contributed by atoms with Crippen LogP contribution < -0.4 is 10.6 Å². The molecule has 0 bridgehead atoms. The zero-order valence-electron chi connectivity index (χ0n) is 13.5. The van der Waals surface area contributed by atoms with Crippen molar-refractivity contribution in [2.45, 2.75) is 12.6 Å². The molecule has 24 heavy (non-hydrogen) atoms. The van der Waals surface area contributed by atoms with Crippen LogP contribution in [0.3, 0.4) is 0 Å². The predicted molar refractivity (Wildman–Crippen MR) is 91.6 cm³/mol. The molecule has 2 N–H and O–H groups in total. The van der Waals surface area contributed by atoms with E-state index < -0.39 is 0 Å². The zero-order chi connectivity index (χ0) is 16.8. The van der Waals surface area contributed by atoms with Crippen molar-refractivity contribution in [2.24, 2.45) is 0 Å². The molecule has 0 aliphatic heterocycles. The molecule has 0 radical (unpaired) electrons. The monoisotopic (exact) mass is 324 g/mol. The van der Waals surface area contributed by atoms with Crippen molar-refractivity contribution in [3.63, 3.8) is 0 Å². The van der Waals surface area contributed by atoms with E-state index in [4.69, 9.17) is 4.74 Å². The van der Waals surface area contributed by atoms with E-state index >= 15 is 0 Å². The Labute approximate surface area is 140 Å². The summed E-state index contributed by atoms with van der Waals surface area (Å²) in [6.45, 7) is 0.772. The lowest BCUT2D eigenvalue weighted by atomic mass is 10.1. The molecule has 0 spiro atoms. The molecule has 6 heteroatoms. The molecule has 0 unspecified atom stereocenters. The van der Waals surface area contributed by atoms with Crippen molar-refractivity contribution in [3.05, 3.63) is 72.2 Å². The molecule has 124 valence electrons. The molecule has 2 heterocycles. The maximum Gasteiger partial charge on any atom is 0.315 e. The van der Waals surface area contributed by atoms with Crippen LogP contribution in [0.4, 0.5) is 4.79 Å². The molecular weight excluding hydrogens is 304 g/mol. The first-order valence-electron chi connectivity index (χ1n) is 7.78. The second-order valence-electron chi connectivity index (χ2n) is 5.40. The van der Waals surface area contributed by atoms with E-state index in [0.717, 1.165) is 16.9 Å². The molecule has 0 saturated carbocycles. The van der Waals surface area contributed by atoms with Crippen molar-refractivity contribution in [1.82, 2.24) is 20.0 Å². The highest BCUT2D eigenvalue weighted by Gasteiger charge is 2.11. The molecule has 1 atom stereocenters. The highest BCUT2D eigenvalue weighted by molar-refractivity contribution is 5.73. The molecule has 1 aromatic carbocycles. The minimum absolute atomic E-state index is 0.174. The van der Waals surface area contributed by atoms with Crippen LogP contribution in [0.2, 0.25) is 0 Å². The lowest BCUT2D eigenvalue weighted by Gasteiger charge is -2.16. The number of benzene rings is 1. The number of rotatable bonds is 6. The van der Waals surface area contributed by atoms with Gasteiger partial charge in [-0.05, 0) is 17.7 Å². The van der Waals surface area contributed by atoms with Gasteiger partial charge >= 0.3 is 6.03 Å². The Morgan fingerprint density at radius 2 is 1.96 bits per heavy atom. The first-order valence-corrected chi connectivity index (χ1v) is 7.78. The van der Waals surface area contributed by atoms with Gasteiger partial charge in [0.25, 0.3) is 0 Å². The van der Waals surface area contributed by atoms with E-state index in [9.17, 15) is 4.79 Å². The fraction of sp³-hybridized carbons (Fsp3) is 0.222. The van der Waals surface area contributed by atoms with Crippen molar-refractivity contribution in [3.8, 4) is 0 Å². The molecule has 6 nitrogen and oxygen atoms in total. The number of hydrogen-bond donors (Lipinski definition) is 2. The van der Waals surface area contributed by atoms with Crippen LogP contribution >= 0.6 is 0 Å². The Kier molecular flexibility index (Phi) is 5.08. The number of nitrogens with one attached hydrogen (secondary N) is 2. The second kappa shape index (κ2) is 7.61. The number of fused-ring (bicyclic) bond motifs is 1. The lowest BCUT2D eigenvalue weighted by molar-refractivity contribution is 0.104. The van der Waals surface area contributed by atoms with Crippen LogP contribution in [-0.2, 0) is 11.3 Å². The van der Waals surface area contributed by atoms with Crippen LogP contribution in [0.15, 0.2) is 60.9 Å². The van der Waals surface area contributed by atoms with E-state index in [1.54, 1.807) is 7.11 Å². The van der Waals surface area contributed by atoms with Crippen molar-refractivity contribution in [1.29, 1.82) is 0 Å². The smallest absolute Gasteiger partial charge is 0.315 e. The number of hydrogen-bond acceptors (Lipinski definition) is 3. The van der Waals surface area contributed by atoms with E-state index in [-0.39, 0.29) is 12.1 Å². The molecule has 0 aliphatic rings. The number of ether oxygens (including phenoxy) is 1. The van der Waals surface area contributed by atoms with Crippen LogP contribution in [0.1, 0.15) is 17.4 Å². The Hall–Kier alpha value is -2.86. The third-order valence-electron chi connectivity index (χ3n) is 3.75. The van der Waals surface area contributed by atoms with Crippen LogP contribution in [0, 0.1) is 0 Å². The Balaban J connectivity index is 1.50. The van der Waals surface area contributed by atoms with Crippen LogP contribution in [0.5, 0.6) is 0 Å². The molecule has 3 rings (SSSR count). The number of carbonyl (C=O) groups is 1. The van der Waals surface area contributed by atoms with E-state index in [0.29, 0.717) is 13.1 Å². The van der Waals surface area contributed by atoms with Gasteiger partial charge in [-0.15, -0.1) is 0 Å². The van der Waals surface area contributed by atoms with Gasteiger partial charge in [0, 0.05) is 26.0 Å². The second-order valence-corrected chi connectivity index (χ2v) is 5.40. The van der Waals surface area contributed by atoms with Gasteiger partial charge in [-0.3, -0.25) is 0 Å². The summed E-state index contributed by atoms with van der Waals surface area (Å²) in [4.78, 5) is 16.4. The molecule has 0 aliphatic carbocycles. The molecule has 3 aromatic rings. The average molecular weight is 324 g/mol.